The molecular weight excluding hydrogens is 443 g/mol. The number of amides is 1. The zero-order valence-electron chi connectivity index (χ0n) is 22.8. The Labute approximate surface area is 209 Å². The molecule has 32 heavy (non-hydrogen) atoms. The molecule has 197 valence electrons. The summed E-state index contributed by atoms with van der Waals surface area (Å²) in [6.45, 7) is 19.5. The van der Waals surface area contributed by atoms with Crippen LogP contribution in [0.15, 0.2) is 0 Å². The van der Waals surface area contributed by atoms with E-state index in [9.17, 15) is 9.59 Å². The third-order valence-electron chi connectivity index (χ3n) is 3.90. The molecule has 0 aromatic carbocycles. The van der Waals surface area contributed by atoms with E-state index in [0.29, 0.717) is 31.3 Å². The molecule has 0 aromatic rings. The second-order valence-corrected chi connectivity index (χ2v) is 6.85. The van der Waals surface area contributed by atoms with Gasteiger partial charge >= 0.3 is 28.2 Å². The minimum absolute atomic E-state index is 0.0628. The zero-order chi connectivity index (χ0) is 26.8. The molecule has 0 aliphatic carbocycles. The Morgan fingerprint density at radius 1 is 0.938 bits per heavy atom. The fourth-order valence-corrected chi connectivity index (χ4v) is 1.05. The van der Waals surface area contributed by atoms with Crippen molar-refractivity contribution in [1.82, 2.24) is 10.6 Å². The number of nitrogens with one attached hydrogen (secondary N) is 2. The van der Waals surface area contributed by atoms with Gasteiger partial charge in [-0.1, -0.05) is 81.1 Å². The molecule has 2 atom stereocenters. The van der Waals surface area contributed by atoms with Crippen LogP contribution in [0.25, 0.3) is 0 Å². The third-order valence-corrected chi connectivity index (χ3v) is 3.90. The predicted octanol–water partition coefficient (Wildman–Crippen LogP) is 3.97. The van der Waals surface area contributed by atoms with Crippen molar-refractivity contribution in [3.05, 3.63) is 0 Å². The Bertz CT molecular complexity index is 330. The summed E-state index contributed by atoms with van der Waals surface area (Å²) >= 11 is 2.06. The molecule has 0 aliphatic rings. The van der Waals surface area contributed by atoms with Gasteiger partial charge in [-0.15, -0.1) is 0 Å². The summed E-state index contributed by atoms with van der Waals surface area (Å²) in [6.07, 6.45) is 5.59. The number of nitrogens with two attached hydrogens (primary N) is 2. The van der Waals surface area contributed by atoms with Crippen molar-refractivity contribution >= 4 is 17.1 Å². The molecule has 0 spiro atoms. The molecule has 0 aliphatic heterocycles. The number of carboxylic acid groups (broad SMARTS) is 1. The molecule has 2 unspecified atom stereocenters. The summed E-state index contributed by atoms with van der Waals surface area (Å²) in [5.41, 5.74) is 10.5. The van der Waals surface area contributed by atoms with Crippen LogP contribution in [-0.2, 0) is 26.6 Å². The van der Waals surface area contributed by atoms with Crippen molar-refractivity contribution in [2.75, 3.05) is 33.2 Å². The first-order chi connectivity index (χ1) is 15.2. The van der Waals surface area contributed by atoms with E-state index < -0.39 is 5.97 Å². The van der Waals surface area contributed by atoms with Gasteiger partial charge in [-0.05, 0) is 25.4 Å². The van der Waals surface area contributed by atoms with Crippen LogP contribution in [-0.4, -0.2) is 55.4 Å². The number of carbonyl (C=O) groups excluding carboxylic acids is 1. The molecule has 0 heterocycles. The second-order valence-electron chi connectivity index (χ2n) is 6.85. The molecule has 0 radical (unpaired) electrons. The number of carboxylic acids is 1. The first-order valence-corrected chi connectivity index (χ1v) is 13.0. The molecule has 0 saturated heterocycles. The number of hydrogen-bond acceptors (Lipinski definition) is 5. The maximum absolute atomic E-state index is 10.9. The Morgan fingerprint density at radius 2 is 1.38 bits per heavy atom. The number of rotatable bonds is 11. The van der Waals surface area contributed by atoms with Crippen molar-refractivity contribution in [3.8, 4) is 0 Å². The van der Waals surface area contributed by atoms with Crippen LogP contribution in [0.3, 0.4) is 0 Å². The Kier molecular flexibility index (Phi) is 67.2. The van der Waals surface area contributed by atoms with Crippen molar-refractivity contribution in [2.45, 2.75) is 93.9 Å². The Balaban J connectivity index is -0.0000000703. The molecule has 8 heteroatoms. The molecule has 7 nitrogen and oxygen atoms in total. The van der Waals surface area contributed by atoms with Gasteiger partial charge in [0.2, 0.25) is 5.91 Å². The van der Waals surface area contributed by atoms with E-state index in [1.807, 2.05) is 13.8 Å². The van der Waals surface area contributed by atoms with Gasteiger partial charge in [0.25, 0.3) is 0 Å². The summed E-state index contributed by atoms with van der Waals surface area (Å²) in [4.78, 5) is 20.6. The first-order valence-electron chi connectivity index (χ1n) is 12.0. The van der Waals surface area contributed by atoms with E-state index in [0.717, 1.165) is 19.5 Å². The SMILES string of the molecule is CC.CCC(C)CN.CCC(C)CNC(=O)CCN.CCCC.CNCCC(=O)O.[CH2]=[V]. The van der Waals surface area contributed by atoms with Crippen molar-refractivity contribution in [2.24, 2.45) is 23.3 Å². The average Bonchev–Trinajstić information content (AvgIpc) is 2.84. The average molecular weight is 502 g/mol. The zero-order valence-corrected chi connectivity index (χ0v) is 24.2. The molecule has 7 N–H and O–H groups in total. The van der Waals surface area contributed by atoms with Crippen LogP contribution in [0, 0.1) is 11.8 Å². The topological polar surface area (TPSA) is 130 Å². The number of carbonyl (C=O) groups is 2. The van der Waals surface area contributed by atoms with Gasteiger partial charge in [0, 0.05) is 26.1 Å². The van der Waals surface area contributed by atoms with Crippen molar-refractivity contribution in [1.29, 1.82) is 0 Å². The molecule has 0 fully saturated rings. The second kappa shape index (κ2) is 47.9. The monoisotopic (exact) mass is 501 g/mol. The Hall–Kier alpha value is -0.726. The number of unbranched alkanes of at least 4 members (excludes halogenated alkanes) is 1. The van der Waals surface area contributed by atoms with Gasteiger partial charge < -0.3 is 27.2 Å². The van der Waals surface area contributed by atoms with E-state index in [1.54, 1.807) is 7.05 Å². The van der Waals surface area contributed by atoms with E-state index in [1.165, 1.54) is 19.3 Å². The first kappa shape index (κ1) is 44.9. The van der Waals surface area contributed by atoms with Crippen LogP contribution in [0.4, 0.5) is 0 Å². The maximum atomic E-state index is 10.9. The molecule has 0 aromatic heterocycles. The van der Waals surface area contributed by atoms with Crippen molar-refractivity contribution in [3.63, 3.8) is 0 Å². The van der Waals surface area contributed by atoms with Crippen LogP contribution in [0.1, 0.15) is 93.9 Å². The fourth-order valence-electron chi connectivity index (χ4n) is 1.05. The summed E-state index contributed by atoms with van der Waals surface area (Å²) in [5, 5.41) is 16.7. The minimum atomic E-state index is -0.755. The molecule has 0 saturated carbocycles. The van der Waals surface area contributed by atoms with Crippen LogP contribution < -0.4 is 22.1 Å². The quantitative estimate of drug-likeness (QED) is 0.291. The molecular formula is C24H58N4O3V. The summed E-state index contributed by atoms with van der Waals surface area (Å²) < 4.78 is 0. The van der Waals surface area contributed by atoms with Gasteiger partial charge in [0.15, 0.2) is 0 Å². The van der Waals surface area contributed by atoms with Crippen LogP contribution in [0.5, 0.6) is 0 Å². The van der Waals surface area contributed by atoms with Crippen LogP contribution in [0.2, 0.25) is 0 Å². The number of aliphatic carboxylic acids is 1. The number of hydrogen-bond donors (Lipinski definition) is 5. The van der Waals surface area contributed by atoms with E-state index in [2.05, 4.69) is 74.4 Å². The van der Waals surface area contributed by atoms with E-state index in [4.69, 9.17) is 16.6 Å². The van der Waals surface area contributed by atoms with E-state index in [-0.39, 0.29) is 12.3 Å². The van der Waals surface area contributed by atoms with Gasteiger partial charge in [0.1, 0.15) is 0 Å². The van der Waals surface area contributed by atoms with Crippen LogP contribution >= 0.6 is 0 Å². The van der Waals surface area contributed by atoms with Gasteiger partial charge in [-0.2, -0.15) is 0 Å². The summed E-state index contributed by atoms with van der Waals surface area (Å²) in [6, 6.07) is 0. The van der Waals surface area contributed by atoms with Gasteiger partial charge in [-0.3, -0.25) is 9.59 Å². The Morgan fingerprint density at radius 3 is 1.56 bits per heavy atom. The fraction of sp³-hybridized carbons (Fsp3) is 0.875. The van der Waals surface area contributed by atoms with E-state index >= 15 is 0 Å². The standard InChI is InChI=1S/C8H18N2O.C5H13N.C4H9NO2.C4H10.C2H6.CH2.V/c1-3-7(2)6-10-8(11)4-5-9;1-3-5(2)4-6;1-5-3-2-4(6)7;1-3-4-2;1-2;;/h7H,3-6,9H2,1-2H3,(H,10,11);5H,3-4,6H2,1-2H3;5H,2-3H2,1H3,(H,6,7);3-4H2,1-2H3;1-2H3;1H2;. The predicted molar refractivity (Wildman–Crippen MR) is 140 cm³/mol. The van der Waals surface area contributed by atoms with Crippen molar-refractivity contribution < 1.29 is 31.7 Å². The van der Waals surface area contributed by atoms with Gasteiger partial charge in [-0.25, -0.2) is 0 Å². The summed E-state index contributed by atoms with van der Waals surface area (Å²) in [5.74, 6) is 0.587. The third kappa shape index (κ3) is 70.1. The van der Waals surface area contributed by atoms with Gasteiger partial charge in [0.05, 0.1) is 6.42 Å². The summed E-state index contributed by atoms with van der Waals surface area (Å²) in [7, 11) is 1.73. The normalized spacial score (nSPS) is 10.2. The molecule has 0 bridgehead atoms. The molecule has 1 amide bonds. The molecule has 0 rings (SSSR count).